The van der Waals surface area contributed by atoms with E-state index in [1.807, 2.05) is 68.4 Å². The van der Waals surface area contributed by atoms with Crippen molar-refractivity contribution >= 4 is 46.4 Å². The van der Waals surface area contributed by atoms with Gasteiger partial charge in [0.15, 0.2) is 0 Å². The van der Waals surface area contributed by atoms with E-state index in [-0.39, 0.29) is 12.5 Å². The molecule has 1 atom stereocenters. The van der Waals surface area contributed by atoms with Crippen LogP contribution in [0.3, 0.4) is 0 Å². The van der Waals surface area contributed by atoms with Gasteiger partial charge < -0.3 is 20.4 Å². The lowest BCUT2D eigenvalue weighted by atomic mass is 9.95. The van der Waals surface area contributed by atoms with Crippen LogP contribution in [-0.4, -0.2) is 48.4 Å². The Balaban J connectivity index is 1.73. The first-order chi connectivity index (χ1) is 17.9. The predicted octanol–water partition coefficient (Wildman–Crippen LogP) is 5.18. The molecule has 1 heterocycles. The second kappa shape index (κ2) is 11.8. The average Bonchev–Trinajstić information content (AvgIpc) is 3.02. The van der Waals surface area contributed by atoms with Gasteiger partial charge in [-0.15, -0.1) is 0 Å². The number of nitrogens with one attached hydrogen (secondary N) is 2. The minimum absolute atomic E-state index is 0.135. The molecular formula is C29H29ClN4O3. The Hall–Kier alpha value is -4.10. The van der Waals surface area contributed by atoms with Crippen LogP contribution in [0.5, 0.6) is 0 Å². The van der Waals surface area contributed by atoms with Crippen molar-refractivity contribution in [2.24, 2.45) is 0 Å². The molecule has 8 heteroatoms. The lowest BCUT2D eigenvalue weighted by Crippen LogP contribution is -2.51. The maximum Gasteiger partial charge on any atom is 0.320 e. The number of halogens is 1. The van der Waals surface area contributed by atoms with Crippen LogP contribution < -0.4 is 15.5 Å². The van der Waals surface area contributed by atoms with E-state index in [1.165, 1.54) is 4.90 Å². The highest BCUT2D eigenvalue weighted by molar-refractivity contribution is 6.30. The highest BCUT2D eigenvalue weighted by atomic mass is 35.5. The first-order valence-electron chi connectivity index (χ1n) is 12.2. The number of hydrogen-bond acceptors (Lipinski definition) is 3. The summed E-state index contributed by atoms with van der Waals surface area (Å²) in [7, 11) is 0. The Morgan fingerprint density at radius 3 is 2.24 bits per heavy atom. The molecule has 4 rings (SSSR count). The minimum Gasteiger partial charge on any atom is -0.342 e. The quantitative estimate of drug-likeness (QED) is 0.454. The van der Waals surface area contributed by atoms with Gasteiger partial charge in [0.05, 0.1) is 5.69 Å². The van der Waals surface area contributed by atoms with Crippen LogP contribution in [0, 0.1) is 0 Å². The fourth-order valence-electron chi connectivity index (χ4n) is 4.34. The van der Waals surface area contributed by atoms with Gasteiger partial charge in [-0.25, -0.2) is 4.79 Å². The Morgan fingerprint density at radius 1 is 0.919 bits per heavy atom. The van der Waals surface area contributed by atoms with Crippen molar-refractivity contribution in [1.82, 2.24) is 10.2 Å². The summed E-state index contributed by atoms with van der Waals surface area (Å²) in [6, 6.07) is 22.3. The molecule has 0 saturated carbocycles. The van der Waals surface area contributed by atoms with Crippen LogP contribution in [0.4, 0.5) is 16.2 Å². The highest BCUT2D eigenvalue weighted by Crippen LogP contribution is 2.35. The van der Waals surface area contributed by atoms with Gasteiger partial charge in [0.25, 0.3) is 5.91 Å². The van der Waals surface area contributed by atoms with Crippen molar-refractivity contribution in [3.05, 3.63) is 101 Å². The van der Waals surface area contributed by atoms with Crippen LogP contribution in [0.2, 0.25) is 5.02 Å². The second-order valence-corrected chi connectivity index (χ2v) is 8.97. The van der Waals surface area contributed by atoms with E-state index in [2.05, 4.69) is 10.6 Å². The van der Waals surface area contributed by atoms with Gasteiger partial charge in [-0.05, 0) is 61.4 Å². The first kappa shape index (κ1) is 26.0. The third-order valence-electron chi connectivity index (χ3n) is 6.23. The zero-order chi connectivity index (χ0) is 26.4. The number of nitrogens with zero attached hydrogens (tertiary/aromatic N) is 2. The van der Waals surface area contributed by atoms with Crippen LogP contribution in [0.15, 0.2) is 84.9 Å². The Bertz CT molecular complexity index is 1300. The molecule has 190 valence electrons. The normalized spacial score (nSPS) is 14.8. The van der Waals surface area contributed by atoms with Gasteiger partial charge in [0.1, 0.15) is 12.6 Å². The van der Waals surface area contributed by atoms with E-state index in [9.17, 15) is 14.4 Å². The number of anilines is 2. The summed E-state index contributed by atoms with van der Waals surface area (Å²) >= 11 is 5.94. The highest BCUT2D eigenvalue weighted by Gasteiger charge is 2.33. The van der Waals surface area contributed by atoms with E-state index >= 15 is 0 Å². The van der Waals surface area contributed by atoms with Gasteiger partial charge in [-0.2, -0.15) is 0 Å². The van der Waals surface area contributed by atoms with Gasteiger partial charge in [0.2, 0.25) is 5.91 Å². The number of rotatable bonds is 7. The molecule has 3 aromatic carbocycles. The molecule has 2 N–H and O–H groups in total. The Morgan fingerprint density at radius 2 is 1.57 bits per heavy atom. The monoisotopic (exact) mass is 516 g/mol. The van der Waals surface area contributed by atoms with Crippen molar-refractivity contribution in [1.29, 1.82) is 0 Å². The van der Waals surface area contributed by atoms with Crippen LogP contribution in [0.25, 0.3) is 5.57 Å². The van der Waals surface area contributed by atoms with E-state index in [0.29, 0.717) is 29.5 Å². The van der Waals surface area contributed by atoms with Gasteiger partial charge in [0, 0.05) is 29.4 Å². The smallest absolute Gasteiger partial charge is 0.320 e. The fourth-order valence-corrected chi connectivity index (χ4v) is 4.47. The number of benzene rings is 3. The maximum atomic E-state index is 13.9. The summed E-state index contributed by atoms with van der Waals surface area (Å²) in [4.78, 5) is 43.1. The minimum atomic E-state index is -1.01. The summed E-state index contributed by atoms with van der Waals surface area (Å²) in [6.07, 6.45) is 1.75. The molecule has 0 aromatic heterocycles. The van der Waals surface area contributed by atoms with Crippen molar-refractivity contribution < 1.29 is 14.4 Å². The van der Waals surface area contributed by atoms with Crippen LogP contribution in [-0.2, 0) is 9.59 Å². The fraction of sp³-hybridized carbons (Fsp3) is 0.207. The summed E-state index contributed by atoms with van der Waals surface area (Å²) in [5, 5.41) is 6.08. The molecule has 0 fully saturated rings. The molecule has 0 saturated heterocycles. The van der Waals surface area contributed by atoms with E-state index in [1.54, 1.807) is 35.2 Å². The third-order valence-corrected chi connectivity index (χ3v) is 6.49. The molecule has 4 amide bonds. The predicted molar refractivity (Wildman–Crippen MR) is 148 cm³/mol. The van der Waals surface area contributed by atoms with Gasteiger partial charge in [-0.3, -0.25) is 9.59 Å². The second-order valence-electron chi connectivity index (χ2n) is 8.54. The lowest BCUT2D eigenvalue weighted by Gasteiger charge is -2.28. The van der Waals surface area contributed by atoms with E-state index < -0.39 is 18.0 Å². The summed E-state index contributed by atoms with van der Waals surface area (Å²) in [5.74, 6) is -0.564. The SMILES string of the molecule is CCN(CC)C(=O)CN1C(=O)C(NC(=O)Nc2ccc(Cl)cc2)C=C(c2ccccc2)c2ccccc21. The number of para-hydroxylation sites is 1. The molecule has 1 unspecified atom stereocenters. The molecule has 1 aliphatic heterocycles. The maximum absolute atomic E-state index is 13.9. The molecule has 0 radical (unpaired) electrons. The van der Waals surface area contributed by atoms with Crippen LogP contribution >= 0.6 is 11.6 Å². The zero-order valence-corrected chi connectivity index (χ0v) is 21.5. The third kappa shape index (κ3) is 6.01. The van der Waals surface area contributed by atoms with Crippen molar-refractivity contribution in [3.8, 4) is 0 Å². The number of carbonyl (C=O) groups is 3. The zero-order valence-electron chi connectivity index (χ0n) is 20.8. The number of carbonyl (C=O) groups excluding carboxylic acids is 3. The van der Waals surface area contributed by atoms with Gasteiger partial charge >= 0.3 is 6.03 Å². The van der Waals surface area contributed by atoms with Crippen molar-refractivity contribution in [3.63, 3.8) is 0 Å². The van der Waals surface area contributed by atoms with Gasteiger partial charge in [-0.1, -0.05) is 60.1 Å². The van der Waals surface area contributed by atoms with Crippen molar-refractivity contribution in [2.75, 3.05) is 29.9 Å². The van der Waals surface area contributed by atoms with Crippen LogP contribution in [0.1, 0.15) is 25.0 Å². The molecule has 3 aromatic rings. The molecule has 0 bridgehead atoms. The standard InChI is InChI=1S/C29H29ClN4O3/c1-3-33(4-2)27(35)19-34-26-13-9-8-12-23(26)24(20-10-6-5-7-11-20)18-25(28(34)36)32-29(37)31-22-16-14-21(30)15-17-22/h5-18,25H,3-4,19H2,1-2H3,(H2,31,32,37). The number of amides is 4. The largest absolute Gasteiger partial charge is 0.342 e. The first-order valence-corrected chi connectivity index (χ1v) is 12.6. The number of hydrogen-bond donors (Lipinski definition) is 2. The lowest BCUT2D eigenvalue weighted by molar-refractivity contribution is -0.131. The van der Waals surface area contributed by atoms with E-state index in [0.717, 1.165) is 16.7 Å². The molecule has 0 spiro atoms. The Labute approximate surface area is 221 Å². The molecule has 7 nitrogen and oxygen atoms in total. The topological polar surface area (TPSA) is 81.8 Å². The summed E-state index contributed by atoms with van der Waals surface area (Å²) in [6.45, 7) is 4.75. The van der Waals surface area contributed by atoms with Crippen molar-refractivity contribution in [2.45, 2.75) is 19.9 Å². The Kier molecular flexibility index (Phi) is 8.25. The molecule has 0 aliphatic carbocycles. The number of fused-ring (bicyclic) bond motifs is 1. The molecule has 37 heavy (non-hydrogen) atoms. The molecule has 1 aliphatic rings. The van der Waals surface area contributed by atoms with E-state index in [4.69, 9.17) is 11.6 Å². The number of likely N-dealkylation sites (N-methyl/N-ethyl adjacent to an activating group) is 1. The summed E-state index contributed by atoms with van der Waals surface area (Å²) < 4.78 is 0. The molecular weight excluding hydrogens is 488 g/mol. The number of urea groups is 1. The summed E-state index contributed by atoms with van der Waals surface area (Å²) in [5.41, 5.74) is 3.64. The average molecular weight is 517 g/mol.